The molecule has 0 aromatic rings. The molecule has 1 fully saturated rings. The molecule has 1 rings (SSSR count). The SMILES string of the molecule is CC1CC(C)N(C(=O)N[C@@H](CC(=O)O)C(=O)O)C1. The minimum absolute atomic E-state index is 0.0410. The van der Waals surface area contributed by atoms with Crippen LogP contribution in [0.25, 0.3) is 0 Å². The van der Waals surface area contributed by atoms with Crippen LogP contribution in [0.15, 0.2) is 0 Å². The number of carbonyl (C=O) groups excluding carboxylic acids is 1. The summed E-state index contributed by atoms with van der Waals surface area (Å²) in [6.07, 6.45) is 0.239. The fourth-order valence-electron chi connectivity index (χ4n) is 2.19. The van der Waals surface area contributed by atoms with Crippen LogP contribution < -0.4 is 5.32 Å². The molecule has 1 aliphatic heterocycles. The van der Waals surface area contributed by atoms with Gasteiger partial charge in [-0.3, -0.25) is 4.79 Å². The highest BCUT2D eigenvalue weighted by atomic mass is 16.4. The molecule has 3 N–H and O–H groups in total. The molecule has 3 atom stereocenters. The van der Waals surface area contributed by atoms with Crippen molar-refractivity contribution in [3.8, 4) is 0 Å². The van der Waals surface area contributed by atoms with E-state index >= 15 is 0 Å². The number of carboxylic acids is 2. The minimum atomic E-state index is -1.39. The molecule has 2 amide bonds. The van der Waals surface area contributed by atoms with E-state index in [9.17, 15) is 14.4 Å². The third kappa shape index (κ3) is 3.61. The number of carbonyl (C=O) groups is 3. The Morgan fingerprint density at radius 3 is 2.33 bits per heavy atom. The molecular formula is C11H18N2O5. The van der Waals surface area contributed by atoms with Crippen molar-refractivity contribution in [2.45, 2.75) is 38.8 Å². The molecule has 1 aliphatic rings. The number of urea groups is 1. The van der Waals surface area contributed by atoms with E-state index in [1.165, 1.54) is 0 Å². The minimum Gasteiger partial charge on any atom is -0.481 e. The number of aliphatic carboxylic acids is 2. The first-order valence-corrected chi connectivity index (χ1v) is 5.83. The molecule has 2 unspecified atom stereocenters. The second-order valence-corrected chi connectivity index (χ2v) is 4.78. The zero-order chi connectivity index (χ0) is 13.9. The molecule has 7 heteroatoms. The predicted octanol–water partition coefficient (Wildman–Crippen LogP) is 0.354. The van der Waals surface area contributed by atoms with Crippen molar-refractivity contribution in [1.82, 2.24) is 10.2 Å². The van der Waals surface area contributed by atoms with Crippen LogP contribution in [0.2, 0.25) is 0 Å². The van der Waals surface area contributed by atoms with Gasteiger partial charge >= 0.3 is 18.0 Å². The maximum atomic E-state index is 11.9. The van der Waals surface area contributed by atoms with Gasteiger partial charge in [0.15, 0.2) is 0 Å². The Balaban J connectivity index is 2.61. The van der Waals surface area contributed by atoms with Gasteiger partial charge in [-0.15, -0.1) is 0 Å². The second-order valence-electron chi connectivity index (χ2n) is 4.78. The van der Waals surface area contributed by atoms with Crippen LogP contribution in [0.5, 0.6) is 0 Å². The molecule has 0 spiro atoms. The monoisotopic (exact) mass is 258 g/mol. The molecule has 0 radical (unpaired) electrons. The molecule has 0 saturated carbocycles. The summed E-state index contributed by atoms with van der Waals surface area (Å²) in [7, 11) is 0. The van der Waals surface area contributed by atoms with E-state index in [2.05, 4.69) is 5.32 Å². The lowest BCUT2D eigenvalue weighted by Gasteiger charge is -2.24. The lowest BCUT2D eigenvalue weighted by atomic mass is 10.1. The maximum Gasteiger partial charge on any atom is 0.326 e. The summed E-state index contributed by atoms with van der Waals surface area (Å²) in [4.78, 5) is 34.7. The van der Waals surface area contributed by atoms with Crippen LogP contribution in [-0.4, -0.2) is 51.7 Å². The number of likely N-dealkylation sites (tertiary alicyclic amines) is 1. The van der Waals surface area contributed by atoms with E-state index in [1.807, 2.05) is 13.8 Å². The maximum absolute atomic E-state index is 11.9. The average molecular weight is 258 g/mol. The number of nitrogens with zero attached hydrogens (tertiary/aromatic N) is 1. The molecule has 1 saturated heterocycles. The molecular weight excluding hydrogens is 240 g/mol. The van der Waals surface area contributed by atoms with Crippen LogP contribution in [0, 0.1) is 5.92 Å². The van der Waals surface area contributed by atoms with Gasteiger partial charge in [-0.25, -0.2) is 9.59 Å². The van der Waals surface area contributed by atoms with E-state index in [0.717, 1.165) is 6.42 Å². The van der Waals surface area contributed by atoms with Crippen molar-refractivity contribution in [1.29, 1.82) is 0 Å². The Labute approximate surface area is 105 Å². The highest BCUT2D eigenvalue weighted by Gasteiger charge is 2.32. The van der Waals surface area contributed by atoms with Gasteiger partial charge in [-0.2, -0.15) is 0 Å². The largest absolute Gasteiger partial charge is 0.481 e. The summed E-state index contributed by atoms with van der Waals surface area (Å²) in [5, 5.41) is 19.7. The summed E-state index contributed by atoms with van der Waals surface area (Å²) >= 11 is 0. The summed E-state index contributed by atoms with van der Waals surface area (Å²) in [5.74, 6) is -2.23. The highest BCUT2D eigenvalue weighted by molar-refractivity contribution is 5.86. The van der Waals surface area contributed by atoms with Crippen molar-refractivity contribution in [2.75, 3.05) is 6.54 Å². The van der Waals surface area contributed by atoms with Crippen molar-refractivity contribution < 1.29 is 24.6 Å². The van der Waals surface area contributed by atoms with Gasteiger partial charge in [0, 0.05) is 12.6 Å². The summed E-state index contributed by atoms with van der Waals surface area (Å²) in [5.41, 5.74) is 0. The average Bonchev–Trinajstić information content (AvgIpc) is 2.56. The second kappa shape index (κ2) is 5.70. The van der Waals surface area contributed by atoms with Crippen LogP contribution in [0.4, 0.5) is 4.79 Å². The smallest absolute Gasteiger partial charge is 0.326 e. The van der Waals surface area contributed by atoms with E-state index in [0.29, 0.717) is 12.5 Å². The number of carboxylic acid groups (broad SMARTS) is 2. The van der Waals surface area contributed by atoms with Crippen molar-refractivity contribution in [2.24, 2.45) is 5.92 Å². The van der Waals surface area contributed by atoms with Gasteiger partial charge in [-0.1, -0.05) is 6.92 Å². The van der Waals surface area contributed by atoms with E-state index in [4.69, 9.17) is 10.2 Å². The zero-order valence-electron chi connectivity index (χ0n) is 10.4. The number of amides is 2. The van der Waals surface area contributed by atoms with Gasteiger partial charge in [0.05, 0.1) is 6.42 Å². The fourth-order valence-corrected chi connectivity index (χ4v) is 2.19. The first-order valence-electron chi connectivity index (χ1n) is 5.83. The molecule has 0 aliphatic carbocycles. The predicted molar refractivity (Wildman–Crippen MR) is 62.2 cm³/mol. The van der Waals surface area contributed by atoms with Crippen LogP contribution in [-0.2, 0) is 9.59 Å². The molecule has 0 aromatic carbocycles. The van der Waals surface area contributed by atoms with Gasteiger partial charge in [-0.05, 0) is 19.3 Å². The van der Waals surface area contributed by atoms with Crippen LogP contribution >= 0.6 is 0 Å². The molecule has 1 heterocycles. The molecule has 18 heavy (non-hydrogen) atoms. The first kappa shape index (κ1) is 14.3. The summed E-state index contributed by atoms with van der Waals surface area (Å²) < 4.78 is 0. The van der Waals surface area contributed by atoms with E-state index in [-0.39, 0.29) is 6.04 Å². The number of hydrogen-bond acceptors (Lipinski definition) is 3. The lowest BCUT2D eigenvalue weighted by molar-refractivity contribution is -0.145. The normalized spacial score (nSPS) is 24.7. The highest BCUT2D eigenvalue weighted by Crippen LogP contribution is 2.22. The van der Waals surface area contributed by atoms with Crippen LogP contribution in [0.1, 0.15) is 26.7 Å². The lowest BCUT2D eigenvalue weighted by Crippen LogP contribution is -2.49. The Hall–Kier alpha value is -1.79. The number of nitrogens with one attached hydrogen (secondary N) is 1. The van der Waals surface area contributed by atoms with Gasteiger partial charge in [0.25, 0.3) is 0 Å². The number of rotatable bonds is 4. The van der Waals surface area contributed by atoms with Crippen LogP contribution in [0.3, 0.4) is 0 Å². The van der Waals surface area contributed by atoms with Gasteiger partial charge < -0.3 is 20.4 Å². The summed E-state index contributed by atoms with van der Waals surface area (Å²) in [6, 6.07) is -1.86. The van der Waals surface area contributed by atoms with E-state index < -0.39 is 30.4 Å². The van der Waals surface area contributed by atoms with Gasteiger partial charge in [0.1, 0.15) is 6.04 Å². The summed E-state index contributed by atoms with van der Waals surface area (Å²) in [6.45, 7) is 4.46. The molecule has 0 bridgehead atoms. The standard InChI is InChI=1S/C11H18N2O5/c1-6-3-7(2)13(5-6)11(18)12-8(10(16)17)4-9(14)15/h6-8H,3-5H2,1-2H3,(H,12,18)(H,14,15)(H,16,17)/t6?,7?,8-/m0/s1. The van der Waals surface area contributed by atoms with Crippen molar-refractivity contribution >= 4 is 18.0 Å². The van der Waals surface area contributed by atoms with E-state index in [1.54, 1.807) is 4.90 Å². The Morgan fingerprint density at radius 2 is 1.94 bits per heavy atom. The topological polar surface area (TPSA) is 107 Å². The molecule has 0 aromatic heterocycles. The molecule has 102 valence electrons. The molecule has 7 nitrogen and oxygen atoms in total. The Kier molecular flexibility index (Phi) is 4.52. The van der Waals surface area contributed by atoms with Gasteiger partial charge in [0.2, 0.25) is 0 Å². The third-order valence-electron chi connectivity index (χ3n) is 3.02. The third-order valence-corrected chi connectivity index (χ3v) is 3.02. The zero-order valence-corrected chi connectivity index (χ0v) is 10.4. The van der Waals surface area contributed by atoms with Crippen molar-refractivity contribution in [3.63, 3.8) is 0 Å². The number of hydrogen-bond donors (Lipinski definition) is 3. The Bertz CT molecular complexity index is 357. The Morgan fingerprint density at radius 1 is 1.33 bits per heavy atom. The van der Waals surface area contributed by atoms with Crippen molar-refractivity contribution in [3.05, 3.63) is 0 Å². The fraction of sp³-hybridized carbons (Fsp3) is 0.727. The first-order chi connectivity index (χ1) is 8.31. The quantitative estimate of drug-likeness (QED) is 0.674.